The highest BCUT2D eigenvalue weighted by Crippen LogP contribution is 2.07. The van der Waals surface area contributed by atoms with Crippen molar-refractivity contribution in [3.8, 4) is 0 Å². The molecule has 3 nitrogen and oxygen atoms in total. The minimum absolute atomic E-state index is 0.0742. The van der Waals surface area contributed by atoms with E-state index in [1.807, 2.05) is 20.8 Å². The van der Waals surface area contributed by atoms with Gasteiger partial charge in [0.1, 0.15) is 0 Å². The van der Waals surface area contributed by atoms with Gasteiger partial charge in [0.25, 0.3) is 0 Å². The summed E-state index contributed by atoms with van der Waals surface area (Å²) >= 11 is 0. The summed E-state index contributed by atoms with van der Waals surface area (Å²) in [5.41, 5.74) is 0. The first kappa shape index (κ1) is 13.4. The van der Waals surface area contributed by atoms with Crippen LogP contribution in [0, 0.1) is 5.92 Å². The fourth-order valence-corrected chi connectivity index (χ4v) is 1.46. The van der Waals surface area contributed by atoms with Gasteiger partial charge < -0.3 is 10.4 Å². The van der Waals surface area contributed by atoms with Crippen LogP contribution in [0.5, 0.6) is 0 Å². The molecule has 0 saturated heterocycles. The van der Waals surface area contributed by atoms with Crippen LogP contribution in [0.25, 0.3) is 0 Å². The molecule has 0 spiro atoms. The summed E-state index contributed by atoms with van der Waals surface area (Å²) in [4.78, 5) is 11.5. The first-order valence-electron chi connectivity index (χ1n) is 5.61. The minimum atomic E-state index is -0.390. The third kappa shape index (κ3) is 5.22. The van der Waals surface area contributed by atoms with Crippen LogP contribution in [0.15, 0.2) is 0 Å². The second-order valence-corrected chi connectivity index (χ2v) is 3.70. The van der Waals surface area contributed by atoms with E-state index in [4.69, 9.17) is 0 Å². The van der Waals surface area contributed by atoms with Crippen LogP contribution >= 0.6 is 0 Å². The molecule has 0 aromatic carbocycles. The van der Waals surface area contributed by atoms with E-state index < -0.39 is 6.10 Å². The molecular formula is C11H23NO2. The van der Waals surface area contributed by atoms with Gasteiger partial charge in [-0.3, -0.25) is 4.79 Å². The van der Waals surface area contributed by atoms with Gasteiger partial charge in [-0.25, -0.2) is 0 Å². The van der Waals surface area contributed by atoms with E-state index >= 15 is 0 Å². The SMILES string of the molecule is CCCC(O)CNC(=O)C(CC)CC. The minimum Gasteiger partial charge on any atom is -0.391 e. The van der Waals surface area contributed by atoms with Crippen LogP contribution < -0.4 is 5.32 Å². The van der Waals surface area contributed by atoms with Crippen molar-refractivity contribution in [1.82, 2.24) is 5.32 Å². The van der Waals surface area contributed by atoms with Crippen LogP contribution in [0.1, 0.15) is 46.5 Å². The normalized spacial score (nSPS) is 12.9. The monoisotopic (exact) mass is 201 g/mol. The Bertz CT molecular complexity index is 155. The van der Waals surface area contributed by atoms with Crippen molar-refractivity contribution in [3.63, 3.8) is 0 Å². The third-order valence-corrected chi connectivity index (χ3v) is 2.49. The Balaban J connectivity index is 3.71. The number of hydrogen-bond acceptors (Lipinski definition) is 2. The van der Waals surface area contributed by atoms with Gasteiger partial charge in [0.05, 0.1) is 6.10 Å². The van der Waals surface area contributed by atoms with Crippen LogP contribution in [-0.4, -0.2) is 23.7 Å². The lowest BCUT2D eigenvalue weighted by Gasteiger charge is -2.15. The molecule has 0 aliphatic carbocycles. The van der Waals surface area contributed by atoms with Crippen molar-refractivity contribution < 1.29 is 9.90 Å². The summed E-state index contributed by atoms with van der Waals surface area (Å²) in [5, 5.41) is 12.2. The molecule has 14 heavy (non-hydrogen) atoms. The first-order chi connectivity index (χ1) is 6.65. The van der Waals surface area contributed by atoms with Crippen molar-refractivity contribution in [2.75, 3.05) is 6.54 Å². The molecule has 0 rings (SSSR count). The fourth-order valence-electron chi connectivity index (χ4n) is 1.46. The van der Waals surface area contributed by atoms with Crippen molar-refractivity contribution in [2.45, 2.75) is 52.6 Å². The van der Waals surface area contributed by atoms with Gasteiger partial charge in [0.15, 0.2) is 0 Å². The Hall–Kier alpha value is -0.570. The van der Waals surface area contributed by atoms with E-state index in [-0.39, 0.29) is 11.8 Å². The summed E-state index contributed by atoms with van der Waals surface area (Å²) in [6.07, 6.45) is 3.04. The van der Waals surface area contributed by atoms with E-state index in [1.54, 1.807) is 0 Å². The zero-order valence-corrected chi connectivity index (χ0v) is 9.55. The van der Waals surface area contributed by atoms with Crippen LogP contribution in [0.3, 0.4) is 0 Å². The maximum Gasteiger partial charge on any atom is 0.223 e. The molecule has 0 aromatic rings. The quantitative estimate of drug-likeness (QED) is 0.658. The van der Waals surface area contributed by atoms with Crippen LogP contribution in [0.4, 0.5) is 0 Å². The average Bonchev–Trinajstić information content (AvgIpc) is 2.17. The Morgan fingerprint density at radius 2 is 1.86 bits per heavy atom. The number of nitrogens with one attached hydrogen (secondary N) is 1. The Kier molecular flexibility index (Phi) is 7.48. The molecule has 84 valence electrons. The van der Waals surface area contributed by atoms with E-state index in [9.17, 15) is 9.90 Å². The van der Waals surface area contributed by atoms with Crippen LogP contribution in [0.2, 0.25) is 0 Å². The molecule has 0 fully saturated rings. The van der Waals surface area contributed by atoms with Crippen molar-refractivity contribution in [2.24, 2.45) is 5.92 Å². The highest BCUT2D eigenvalue weighted by Gasteiger charge is 2.14. The van der Waals surface area contributed by atoms with Gasteiger partial charge in [-0.15, -0.1) is 0 Å². The maximum absolute atomic E-state index is 11.5. The summed E-state index contributed by atoms with van der Waals surface area (Å²) in [6.45, 7) is 6.43. The second kappa shape index (κ2) is 7.80. The van der Waals surface area contributed by atoms with E-state index in [2.05, 4.69) is 5.32 Å². The molecule has 3 heteroatoms. The Morgan fingerprint density at radius 3 is 2.29 bits per heavy atom. The summed E-state index contributed by atoms with van der Waals surface area (Å²) < 4.78 is 0. The van der Waals surface area contributed by atoms with Gasteiger partial charge in [-0.2, -0.15) is 0 Å². The first-order valence-corrected chi connectivity index (χ1v) is 5.61. The summed E-state index contributed by atoms with van der Waals surface area (Å²) in [5.74, 6) is 0.175. The molecule has 0 aliphatic heterocycles. The van der Waals surface area contributed by atoms with E-state index in [0.717, 1.165) is 25.7 Å². The molecule has 0 radical (unpaired) electrons. The van der Waals surface area contributed by atoms with Crippen LogP contribution in [-0.2, 0) is 4.79 Å². The summed E-state index contributed by atoms with van der Waals surface area (Å²) in [6, 6.07) is 0. The molecule has 0 bridgehead atoms. The number of carbonyl (C=O) groups excluding carboxylic acids is 1. The lowest BCUT2D eigenvalue weighted by Crippen LogP contribution is -2.36. The highest BCUT2D eigenvalue weighted by molar-refractivity contribution is 5.78. The highest BCUT2D eigenvalue weighted by atomic mass is 16.3. The van der Waals surface area contributed by atoms with Gasteiger partial charge in [0.2, 0.25) is 5.91 Å². The molecule has 2 N–H and O–H groups in total. The number of aliphatic hydroxyl groups is 1. The predicted molar refractivity (Wildman–Crippen MR) is 58.0 cm³/mol. The molecule has 1 atom stereocenters. The van der Waals surface area contributed by atoms with Crippen molar-refractivity contribution >= 4 is 5.91 Å². The van der Waals surface area contributed by atoms with Gasteiger partial charge in [-0.05, 0) is 19.3 Å². The third-order valence-electron chi connectivity index (χ3n) is 2.49. The van der Waals surface area contributed by atoms with Crippen molar-refractivity contribution in [3.05, 3.63) is 0 Å². The predicted octanol–water partition coefficient (Wildman–Crippen LogP) is 1.70. The lowest BCUT2D eigenvalue weighted by molar-refractivity contribution is -0.125. The molecule has 1 amide bonds. The molecule has 0 saturated carbocycles. The molecular weight excluding hydrogens is 178 g/mol. The number of carbonyl (C=O) groups is 1. The standard InChI is InChI=1S/C11H23NO2/c1-4-7-10(13)8-12-11(14)9(5-2)6-3/h9-10,13H,4-8H2,1-3H3,(H,12,14). The van der Waals surface area contributed by atoms with Crippen molar-refractivity contribution in [1.29, 1.82) is 0 Å². The largest absolute Gasteiger partial charge is 0.391 e. The van der Waals surface area contributed by atoms with E-state index in [0.29, 0.717) is 6.54 Å². The molecule has 0 heterocycles. The zero-order valence-electron chi connectivity index (χ0n) is 9.55. The topological polar surface area (TPSA) is 49.3 Å². The Labute approximate surface area is 86.9 Å². The fraction of sp³-hybridized carbons (Fsp3) is 0.909. The Morgan fingerprint density at radius 1 is 1.29 bits per heavy atom. The number of amides is 1. The van der Waals surface area contributed by atoms with Gasteiger partial charge >= 0.3 is 0 Å². The smallest absolute Gasteiger partial charge is 0.223 e. The van der Waals surface area contributed by atoms with Gasteiger partial charge in [-0.1, -0.05) is 27.2 Å². The molecule has 0 aliphatic rings. The maximum atomic E-state index is 11.5. The lowest BCUT2D eigenvalue weighted by atomic mass is 10.0. The van der Waals surface area contributed by atoms with Gasteiger partial charge in [0, 0.05) is 12.5 Å². The number of rotatable bonds is 7. The number of aliphatic hydroxyl groups excluding tert-OH is 1. The van der Waals surface area contributed by atoms with E-state index in [1.165, 1.54) is 0 Å². The summed E-state index contributed by atoms with van der Waals surface area (Å²) in [7, 11) is 0. The molecule has 0 aromatic heterocycles. The number of hydrogen-bond donors (Lipinski definition) is 2. The average molecular weight is 201 g/mol. The molecule has 1 unspecified atom stereocenters. The zero-order chi connectivity index (χ0) is 11.0. The second-order valence-electron chi connectivity index (χ2n) is 3.70.